The van der Waals surface area contributed by atoms with Crippen LogP contribution in [0.3, 0.4) is 0 Å². The summed E-state index contributed by atoms with van der Waals surface area (Å²) >= 11 is 1.42. The van der Waals surface area contributed by atoms with Crippen LogP contribution in [0.25, 0.3) is 0 Å². The van der Waals surface area contributed by atoms with Gasteiger partial charge in [0.05, 0.1) is 5.88 Å². The van der Waals surface area contributed by atoms with Crippen LogP contribution < -0.4 is 5.32 Å². The fourth-order valence-corrected chi connectivity index (χ4v) is 2.82. The summed E-state index contributed by atoms with van der Waals surface area (Å²) in [5.74, 6) is 0.831. The number of hydrogen-bond acceptors (Lipinski definition) is 6. The SMILES string of the molecule is Cc1nc(CCNC(=O)N2CSCC2C(=O)O)no1. The largest absolute Gasteiger partial charge is 0.480 e. The number of carbonyl (C=O) groups excluding carboxylic acids is 1. The highest BCUT2D eigenvalue weighted by molar-refractivity contribution is 7.99. The molecule has 0 spiro atoms. The van der Waals surface area contributed by atoms with Gasteiger partial charge in [0.2, 0.25) is 5.89 Å². The number of thioether (sulfide) groups is 1. The van der Waals surface area contributed by atoms with Crippen molar-refractivity contribution in [3.05, 3.63) is 11.7 Å². The molecule has 2 rings (SSSR count). The van der Waals surface area contributed by atoms with Gasteiger partial charge in [-0.1, -0.05) is 5.16 Å². The minimum atomic E-state index is -0.978. The third-order valence-electron chi connectivity index (χ3n) is 2.62. The molecular formula is C10H14N4O4S. The summed E-state index contributed by atoms with van der Waals surface area (Å²) in [6.07, 6.45) is 0.446. The van der Waals surface area contributed by atoms with Gasteiger partial charge in [-0.15, -0.1) is 11.8 Å². The van der Waals surface area contributed by atoms with E-state index in [1.165, 1.54) is 16.7 Å². The van der Waals surface area contributed by atoms with Gasteiger partial charge in [0.1, 0.15) is 6.04 Å². The Morgan fingerprint density at radius 2 is 2.42 bits per heavy atom. The molecule has 1 aliphatic heterocycles. The molecule has 0 aromatic carbocycles. The fraction of sp³-hybridized carbons (Fsp3) is 0.600. The van der Waals surface area contributed by atoms with Gasteiger partial charge in [-0.25, -0.2) is 9.59 Å². The molecule has 1 atom stereocenters. The zero-order chi connectivity index (χ0) is 13.8. The minimum Gasteiger partial charge on any atom is -0.480 e. The van der Waals surface area contributed by atoms with Crippen LogP contribution in [0.4, 0.5) is 4.79 Å². The minimum absolute atomic E-state index is 0.339. The second-order valence-electron chi connectivity index (χ2n) is 4.04. The molecule has 1 saturated heterocycles. The summed E-state index contributed by atoms with van der Waals surface area (Å²) in [4.78, 5) is 28.1. The number of aliphatic carboxylic acids is 1. The van der Waals surface area contributed by atoms with Crippen LogP contribution in [-0.4, -0.2) is 56.4 Å². The number of nitrogens with zero attached hydrogens (tertiary/aromatic N) is 3. The van der Waals surface area contributed by atoms with Crippen molar-refractivity contribution in [3.8, 4) is 0 Å². The summed E-state index contributed by atoms with van der Waals surface area (Å²) < 4.78 is 4.81. The first kappa shape index (κ1) is 13.7. The van der Waals surface area contributed by atoms with Gasteiger partial charge in [-0.2, -0.15) is 4.98 Å². The van der Waals surface area contributed by atoms with Gasteiger partial charge in [0.15, 0.2) is 5.82 Å². The van der Waals surface area contributed by atoms with Crippen molar-refractivity contribution in [2.45, 2.75) is 19.4 Å². The van der Waals surface area contributed by atoms with E-state index in [0.717, 1.165) is 0 Å². The Hall–Kier alpha value is -1.77. The van der Waals surface area contributed by atoms with Crippen LogP contribution in [0.5, 0.6) is 0 Å². The number of amides is 2. The summed E-state index contributed by atoms with van der Waals surface area (Å²) in [6.45, 7) is 2.03. The Kier molecular flexibility index (Phi) is 4.25. The molecule has 1 aliphatic rings. The summed E-state index contributed by atoms with van der Waals surface area (Å²) in [5, 5.41) is 15.3. The van der Waals surface area contributed by atoms with E-state index in [2.05, 4.69) is 15.5 Å². The maximum atomic E-state index is 11.8. The highest BCUT2D eigenvalue weighted by Gasteiger charge is 2.34. The number of urea groups is 1. The fourth-order valence-electron chi connectivity index (χ4n) is 1.67. The van der Waals surface area contributed by atoms with Crippen molar-refractivity contribution in [2.75, 3.05) is 18.2 Å². The zero-order valence-corrected chi connectivity index (χ0v) is 11.1. The van der Waals surface area contributed by atoms with E-state index in [0.29, 0.717) is 36.3 Å². The van der Waals surface area contributed by atoms with Crippen LogP contribution >= 0.6 is 11.8 Å². The van der Waals surface area contributed by atoms with Gasteiger partial charge >= 0.3 is 12.0 Å². The highest BCUT2D eigenvalue weighted by atomic mass is 32.2. The first-order valence-electron chi connectivity index (χ1n) is 5.72. The molecule has 2 N–H and O–H groups in total. The van der Waals surface area contributed by atoms with Crippen molar-refractivity contribution in [2.24, 2.45) is 0 Å². The molecule has 9 heteroatoms. The monoisotopic (exact) mass is 286 g/mol. The number of nitrogens with one attached hydrogen (secondary N) is 1. The van der Waals surface area contributed by atoms with Crippen molar-refractivity contribution in [1.82, 2.24) is 20.4 Å². The Morgan fingerprint density at radius 3 is 3.05 bits per heavy atom. The Labute approximate surface area is 113 Å². The van der Waals surface area contributed by atoms with Gasteiger partial charge < -0.3 is 19.8 Å². The molecule has 1 unspecified atom stereocenters. The molecule has 1 fully saturated rings. The smallest absolute Gasteiger partial charge is 0.327 e. The third kappa shape index (κ3) is 3.37. The van der Waals surface area contributed by atoms with E-state index in [1.807, 2.05) is 0 Å². The van der Waals surface area contributed by atoms with Crippen LogP contribution in [0, 0.1) is 6.92 Å². The lowest BCUT2D eigenvalue weighted by atomic mass is 10.3. The van der Waals surface area contributed by atoms with Gasteiger partial charge in [-0.3, -0.25) is 0 Å². The zero-order valence-electron chi connectivity index (χ0n) is 10.3. The maximum Gasteiger partial charge on any atom is 0.327 e. The van der Waals surface area contributed by atoms with E-state index in [9.17, 15) is 9.59 Å². The second-order valence-corrected chi connectivity index (χ2v) is 5.04. The molecular weight excluding hydrogens is 272 g/mol. The number of carboxylic acid groups (broad SMARTS) is 1. The van der Waals surface area contributed by atoms with Crippen molar-refractivity contribution in [3.63, 3.8) is 0 Å². The molecule has 0 aliphatic carbocycles. The topological polar surface area (TPSA) is 109 Å². The molecule has 2 heterocycles. The lowest BCUT2D eigenvalue weighted by Crippen LogP contribution is -2.47. The van der Waals surface area contributed by atoms with Crippen molar-refractivity contribution < 1.29 is 19.2 Å². The van der Waals surface area contributed by atoms with E-state index in [-0.39, 0.29) is 6.03 Å². The molecule has 0 saturated carbocycles. The molecule has 2 amide bonds. The Balaban J connectivity index is 1.79. The van der Waals surface area contributed by atoms with Crippen molar-refractivity contribution in [1.29, 1.82) is 0 Å². The molecule has 0 bridgehead atoms. The predicted molar refractivity (Wildman–Crippen MR) is 66.7 cm³/mol. The lowest BCUT2D eigenvalue weighted by Gasteiger charge is -2.20. The van der Waals surface area contributed by atoms with Gasteiger partial charge in [-0.05, 0) is 0 Å². The van der Waals surface area contributed by atoms with E-state index in [4.69, 9.17) is 9.63 Å². The molecule has 0 radical (unpaired) electrons. The molecule has 104 valence electrons. The Morgan fingerprint density at radius 1 is 1.63 bits per heavy atom. The molecule has 19 heavy (non-hydrogen) atoms. The maximum absolute atomic E-state index is 11.8. The molecule has 1 aromatic heterocycles. The predicted octanol–water partition coefficient (Wildman–Crippen LogP) is 0.0896. The van der Waals surface area contributed by atoms with Crippen molar-refractivity contribution >= 4 is 23.8 Å². The Bertz CT molecular complexity index is 478. The average molecular weight is 286 g/mol. The summed E-state index contributed by atoms with van der Waals surface area (Å²) in [6, 6.07) is -1.13. The molecule has 1 aromatic rings. The third-order valence-corrected chi connectivity index (χ3v) is 3.63. The summed E-state index contributed by atoms with van der Waals surface area (Å²) in [5.41, 5.74) is 0. The lowest BCUT2D eigenvalue weighted by molar-refractivity contribution is -0.140. The number of hydrogen-bond donors (Lipinski definition) is 2. The van der Waals surface area contributed by atoms with E-state index < -0.39 is 12.0 Å². The quantitative estimate of drug-likeness (QED) is 0.807. The van der Waals surface area contributed by atoms with Crippen LogP contribution in [0.2, 0.25) is 0 Å². The second kappa shape index (κ2) is 5.91. The average Bonchev–Trinajstić information content (AvgIpc) is 2.97. The van der Waals surface area contributed by atoms with E-state index >= 15 is 0 Å². The standard InChI is InChI=1S/C10H14N4O4S/c1-6-12-8(13-18-6)2-3-11-10(17)14-5-19-4-7(14)9(15)16/h7H,2-5H2,1H3,(H,11,17)(H,15,16). The normalized spacial score (nSPS) is 18.6. The first-order valence-corrected chi connectivity index (χ1v) is 6.87. The van der Waals surface area contributed by atoms with Gasteiger partial charge in [0.25, 0.3) is 0 Å². The summed E-state index contributed by atoms with van der Waals surface area (Å²) in [7, 11) is 0. The molecule has 8 nitrogen and oxygen atoms in total. The highest BCUT2D eigenvalue weighted by Crippen LogP contribution is 2.20. The first-order chi connectivity index (χ1) is 9.08. The number of carbonyl (C=O) groups is 2. The van der Waals surface area contributed by atoms with E-state index in [1.54, 1.807) is 6.92 Å². The van der Waals surface area contributed by atoms with Crippen LogP contribution in [0.1, 0.15) is 11.7 Å². The number of rotatable bonds is 4. The number of aromatic nitrogens is 2. The number of carboxylic acids is 1. The number of aryl methyl sites for hydroxylation is 1. The van der Waals surface area contributed by atoms with Gasteiger partial charge in [0, 0.05) is 25.6 Å². The van der Waals surface area contributed by atoms with Crippen LogP contribution in [0.15, 0.2) is 4.52 Å². The van der Waals surface area contributed by atoms with Crippen LogP contribution in [-0.2, 0) is 11.2 Å².